The van der Waals surface area contributed by atoms with Crippen LogP contribution in [0.25, 0.3) is 28.3 Å². The predicted octanol–water partition coefficient (Wildman–Crippen LogP) is 7.00. The van der Waals surface area contributed by atoms with E-state index >= 15 is 0 Å². The molecule has 0 saturated heterocycles. The average molecular weight is 445 g/mol. The third-order valence-corrected chi connectivity index (χ3v) is 5.50. The summed E-state index contributed by atoms with van der Waals surface area (Å²) in [6.45, 7) is 1.87. The van der Waals surface area contributed by atoms with Crippen molar-refractivity contribution in [2.45, 2.75) is 32.0 Å². The van der Waals surface area contributed by atoms with E-state index in [0.717, 1.165) is 27.8 Å². The van der Waals surface area contributed by atoms with E-state index in [0.29, 0.717) is 16.5 Å². The normalized spacial score (nSPS) is 13.5. The Labute approximate surface area is 186 Å². The minimum atomic E-state index is -0.797. The van der Waals surface area contributed by atoms with Gasteiger partial charge in [-0.2, -0.15) is 0 Å². The molecule has 2 atom stereocenters. The van der Waals surface area contributed by atoms with Crippen molar-refractivity contribution in [2.75, 3.05) is 0 Å². The topological polar surface area (TPSA) is 40.5 Å². The van der Waals surface area contributed by atoms with Gasteiger partial charge >= 0.3 is 0 Å². The van der Waals surface area contributed by atoms with E-state index in [2.05, 4.69) is 0 Å². The molecule has 3 rings (SSSR count). The van der Waals surface area contributed by atoms with E-state index in [-0.39, 0.29) is 12.2 Å². The van der Waals surface area contributed by atoms with Gasteiger partial charge in [-0.25, -0.2) is 4.39 Å². The Morgan fingerprint density at radius 2 is 1.63 bits per heavy atom. The van der Waals surface area contributed by atoms with Crippen LogP contribution < -0.4 is 0 Å². The molecule has 2 nitrogen and oxygen atoms in total. The first-order chi connectivity index (χ1) is 14.4. The average Bonchev–Trinajstić information content (AvgIpc) is 2.72. The lowest BCUT2D eigenvalue weighted by atomic mass is 9.91. The van der Waals surface area contributed by atoms with E-state index in [1.54, 1.807) is 30.3 Å². The van der Waals surface area contributed by atoms with E-state index in [1.807, 2.05) is 37.3 Å². The molecule has 0 spiro atoms. The zero-order chi connectivity index (χ0) is 21.7. The molecule has 0 amide bonds. The van der Waals surface area contributed by atoms with Crippen molar-refractivity contribution >= 4 is 29.3 Å². The van der Waals surface area contributed by atoms with Crippen LogP contribution in [0.4, 0.5) is 4.39 Å². The Balaban J connectivity index is 2.12. The van der Waals surface area contributed by atoms with Gasteiger partial charge in [0.25, 0.3) is 0 Å². The molecule has 0 aliphatic heterocycles. The number of halogens is 3. The number of aliphatic hydroxyl groups excluding tert-OH is 2. The van der Waals surface area contributed by atoms with E-state index in [4.69, 9.17) is 23.2 Å². The van der Waals surface area contributed by atoms with Crippen LogP contribution in [0.2, 0.25) is 10.0 Å². The fraction of sp³-hybridized carbons (Fsp3) is 0.200. The second-order valence-electron chi connectivity index (χ2n) is 7.12. The number of benzene rings is 3. The van der Waals surface area contributed by atoms with Gasteiger partial charge in [0.15, 0.2) is 0 Å². The second kappa shape index (κ2) is 10.2. The fourth-order valence-electron chi connectivity index (χ4n) is 3.30. The summed E-state index contributed by atoms with van der Waals surface area (Å²) >= 11 is 12.5. The highest BCUT2D eigenvalue weighted by Gasteiger charge is 2.14. The summed E-state index contributed by atoms with van der Waals surface area (Å²) in [6, 6.07) is 17.4. The number of aliphatic hydroxyl groups is 2. The molecule has 5 heteroatoms. The maximum Gasteiger partial charge on any atom is 0.123 e. The lowest BCUT2D eigenvalue weighted by Gasteiger charge is -2.15. The highest BCUT2D eigenvalue weighted by molar-refractivity contribution is 6.36. The van der Waals surface area contributed by atoms with Crippen molar-refractivity contribution in [1.82, 2.24) is 0 Å². The van der Waals surface area contributed by atoms with Gasteiger partial charge < -0.3 is 10.2 Å². The minimum absolute atomic E-state index is 0.253. The van der Waals surface area contributed by atoms with Gasteiger partial charge in [-0.15, -0.1) is 0 Å². The minimum Gasteiger partial charge on any atom is -0.393 e. The van der Waals surface area contributed by atoms with Gasteiger partial charge in [0, 0.05) is 22.0 Å². The van der Waals surface area contributed by atoms with Gasteiger partial charge in [-0.05, 0) is 52.9 Å². The Hall–Kier alpha value is -2.17. The first kappa shape index (κ1) is 22.5. The molecule has 0 heterocycles. The molecule has 0 bridgehead atoms. The smallest absolute Gasteiger partial charge is 0.123 e. The lowest BCUT2D eigenvalue weighted by molar-refractivity contribution is 0.102. The quantitative estimate of drug-likeness (QED) is 0.411. The van der Waals surface area contributed by atoms with Crippen LogP contribution >= 0.6 is 23.2 Å². The molecule has 2 N–H and O–H groups in total. The maximum atomic E-state index is 13.4. The van der Waals surface area contributed by atoms with Crippen molar-refractivity contribution in [3.05, 3.63) is 88.2 Å². The summed E-state index contributed by atoms with van der Waals surface area (Å²) in [5.74, 6) is -0.309. The molecular weight excluding hydrogens is 422 g/mol. The lowest BCUT2D eigenvalue weighted by Crippen LogP contribution is -2.14. The van der Waals surface area contributed by atoms with Gasteiger partial charge in [-0.1, -0.05) is 78.7 Å². The number of rotatable bonds is 7. The van der Waals surface area contributed by atoms with Crippen LogP contribution in [0, 0.1) is 5.82 Å². The van der Waals surface area contributed by atoms with Gasteiger partial charge in [-0.3, -0.25) is 0 Å². The largest absolute Gasteiger partial charge is 0.393 e. The number of hydrogen-bond acceptors (Lipinski definition) is 2. The second-order valence-corrected chi connectivity index (χ2v) is 7.97. The molecule has 0 aliphatic rings. The summed E-state index contributed by atoms with van der Waals surface area (Å²) in [7, 11) is 0. The molecule has 0 saturated carbocycles. The Bertz CT molecular complexity index is 1030. The monoisotopic (exact) mass is 444 g/mol. The van der Waals surface area contributed by atoms with Crippen molar-refractivity contribution in [3.63, 3.8) is 0 Å². The van der Waals surface area contributed by atoms with Crippen LogP contribution in [0.3, 0.4) is 0 Å². The standard InChI is InChI=1S/C25H23Cl2FO2/c1-2-19(29)15-20(30)11-13-23-21(16-6-9-18(28)10-7-16)4-3-5-22(23)24-12-8-17(26)14-25(24)27/h3-14,19-20,29-30H,2,15H2,1H3/b13-11+. The van der Waals surface area contributed by atoms with E-state index in [1.165, 1.54) is 12.1 Å². The third-order valence-electron chi connectivity index (χ3n) is 4.95. The highest BCUT2D eigenvalue weighted by atomic mass is 35.5. The van der Waals surface area contributed by atoms with E-state index < -0.39 is 12.2 Å². The SMILES string of the molecule is CCC(O)CC(O)/C=C/c1c(-c2ccc(F)cc2)cccc1-c1ccc(Cl)cc1Cl. The van der Waals surface area contributed by atoms with Crippen LogP contribution in [0.15, 0.2) is 66.7 Å². The van der Waals surface area contributed by atoms with Gasteiger partial charge in [0.05, 0.1) is 12.2 Å². The summed E-state index contributed by atoms with van der Waals surface area (Å²) in [4.78, 5) is 0. The summed E-state index contributed by atoms with van der Waals surface area (Å²) in [5, 5.41) is 21.2. The summed E-state index contributed by atoms with van der Waals surface area (Å²) < 4.78 is 13.4. The molecule has 0 aliphatic carbocycles. The summed E-state index contributed by atoms with van der Waals surface area (Å²) in [6.07, 6.45) is 2.95. The van der Waals surface area contributed by atoms with Crippen molar-refractivity contribution in [1.29, 1.82) is 0 Å². The molecule has 3 aromatic carbocycles. The predicted molar refractivity (Wildman–Crippen MR) is 123 cm³/mol. The maximum absolute atomic E-state index is 13.4. The van der Waals surface area contributed by atoms with Crippen molar-refractivity contribution in [3.8, 4) is 22.3 Å². The Kier molecular flexibility index (Phi) is 7.68. The Morgan fingerprint density at radius 1 is 0.933 bits per heavy atom. The van der Waals surface area contributed by atoms with E-state index in [9.17, 15) is 14.6 Å². The Morgan fingerprint density at radius 3 is 2.30 bits per heavy atom. The molecule has 2 unspecified atom stereocenters. The zero-order valence-electron chi connectivity index (χ0n) is 16.5. The molecule has 0 aromatic heterocycles. The van der Waals surface area contributed by atoms with Crippen molar-refractivity contribution < 1.29 is 14.6 Å². The van der Waals surface area contributed by atoms with Crippen LogP contribution in [0.5, 0.6) is 0 Å². The highest BCUT2D eigenvalue weighted by Crippen LogP contribution is 2.37. The third kappa shape index (κ3) is 5.50. The molecule has 3 aromatic rings. The number of hydrogen-bond donors (Lipinski definition) is 2. The zero-order valence-corrected chi connectivity index (χ0v) is 18.0. The van der Waals surface area contributed by atoms with Crippen LogP contribution in [-0.2, 0) is 0 Å². The molecule has 0 fully saturated rings. The summed E-state index contributed by atoms with van der Waals surface area (Å²) in [5.41, 5.74) is 4.20. The van der Waals surface area contributed by atoms with Gasteiger partial charge in [0.1, 0.15) is 5.82 Å². The fourth-order valence-corrected chi connectivity index (χ4v) is 3.81. The van der Waals surface area contributed by atoms with Crippen LogP contribution in [0.1, 0.15) is 25.3 Å². The van der Waals surface area contributed by atoms with Gasteiger partial charge in [0.2, 0.25) is 0 Å². The molecule has 156 valence electrons. The first-order valence-electron chi connectivity index (χ1n) is 9.77. The molecule has 30 heavy (non-hydrogen) atoms. The molecular formula is C25H23Cl2FO2. The first-order valence-corrected chi connectivity index (χ1v) is 10.5. The molecule has 0 radical (unpaired) electrons. The van der Waals surface area contributed by atoms with Crippen molar-refractivity contribution in [2.24, 2.45) is 0 Å². The van der Waals surface area contributed by atoms with Crippen LogP contribution in [-0.4, -0.2) is 22.4 Å².